The van der Waals surface area contributed by atoms with Crippen molar-refractivity contribution in [1.82, 2.24) is 9.80 Å². The van der Waals surface area contributed by atoms with Crippen molar-refractivity contribution in [3.05, 3.63) is 60.4 Å². The number of hydrogen-bond acceptors (Lipinski definition) is 6. The Morgan fingerprint density at radius 1 is 1.14 bits per heavy atom. The van der Waals surface area contributed by atoms with Crippen LogP contribution in [-0.4, -0.2) is 77.0 Å². The summed E-state index contributed by atoms with van der Waals surface area (Å²) < 4.78 is 11.0. The lowest BCUT2D eigenvalue weighted by atomic mass is 9.96. The Morgan fingerprint density at radius 3 is 2.60 bits per heavy atom. The monoisotopic (exact) mass is 473 g/mol. The van der Waals surface area contributed by atoms with Crippen LogP contribution >= 0.6 is 0 Å². The highest BCUT2D eigenvalue weighted by Crippen LogP contribution is 2.35. The lowest BCUT2D eigenvalue weighted by Gasteiger charge is -2.41. The largest absolute Gasteiger partial charge is 0.464 e. The number of rotatable bonds is 5. The van der Waals surface area contributed by atoms with Gasteiger partial charge in [-0.2, -0.15) is 0 Å². The number of likely N-dealkylation sites (tertiary alicyclic amines) is 1. The second-order valence-corrected chi connectivity index (χ2v) is 9.72. The summed E-state index contributed by atoms with van der Waals surface area (Å²) in [4.78, 5) is 33.8. The van der Waals surface area contributed by atoms with Crippen LogP contribution in [0.1, 0.15) is 18.9 Å². The molecule has 2 saturated heterocycles. The van der Waals surface area contributed by atoms with Gasteiger partial charge in [-0.05, 0) is 36.2 Å². The normalized spacial score (nSPS) is 23.3. The number of ether oxygens (including phenoxy) is 1. The fourth-order valence-corrected chi connectivity index (χ4v) is 5.20. The maximum atomic E-state index is 13.5. The summed E-state index contributed by atoms with van der Waals surface area (Å²) in [5.41, 5.74) is 3.04. The highest BCUT2D eigenvalue weighted by Gasteiger charge is 2.52. The molecule has 0 radical (unpaired) electrons. The van der Waals surface area contributed by atoms with Gasteiger partial charge in [0.1, 0.15) is 17.5 Å². The van der Waals surface area contributed by atoms with E-state index in [-0.39, 0.29) is 17.7 Å². The predicted octanol–water partition coefficient (Wildman–Crippen LogP) is 2.69. The molecule has 180 valence electrons. The van der Waals surface area contributed by atoms with Gasteiger partial charge in [-0.25, -0.2) is 4.99 Å². The number of carbonyl (C=O) groups excluding carboxylic acids is 2. The zero-order valence-corrected chi connectivity index (χ0v) is 19.5. The first kappa shape index (κ1) is 22.0. The van der Waals surface area contributed by atoms with Crippen LogP contribution in [0.5, 0.6) is 0 Å². The van der Waals surface area contributed by atoms with E-state index < -0.39 is 11.6 Å². The Labute approximate surface area is 202 Å². The minimum absolute atomic E-state index is 0.0280. The fourth-order valence-electron chi connectivity index (χ4n) is 5.20. The van der Waals surface area contributed by atoms with Gasteiger partial charge >= 0.3 is 0 Å². The summed E-state index contributed by atoms with van der Waals surface area (Å²) >= 11 is 0. The molecule has 3 aliphatic rings. The van der Waals surface area contributed by atoms with Crippen molar-refractivity contribution in [2.75, 3.05) is 32.8 Å². The van der Waals surface area contributed by atoms with Gasteiger partial charge in [0, 0.05) is 49.5 Å². The Kier molecular flexibility index (Phi) is 5.23. The van der Waals surface area contributed by atoms with E-state index in [1.54, 1.807) is 16.1 Å². The van der Waals surface area contributed by atoms with Crippen LogP contribution in [0, 0.1) is 5.92 Å². The Balaban J connectivity index is 1.25. The zero-order valence-electron chi connectivity index (χ0n) is 19.5. The van der Waals surface area contributed by atoms with Gasteiger partial charge in [0.05, 0.1) is 12.9 Å². The summed E-state index contributed by atoms with van der Waals surface area (Å²) in [6, 6.07) is 16.1. The van der Waals surface area contributed by atoms with Crippen molar-refractivity contribution in [1.29, 1.82) is 0 Å². The second-order valence-electron chi connectivity index (χ2n) is 9.72. The summed E-state index contributed by atoms with van der Waals surface area (Å²) in [6.45, 7) is 3.84. The molecule has 1 N–H and O–H groups in total. The summed E-state index contributed by atoms with van der Waals surface area (Å²) in [6.07, 6.45) is 1.26. The molecule has 8 heteroatoms. The highest BCUT2D eigenvalue weighted by atomic mass is 16.5. The second kappa shape index (κ2) is 8.32. The Hall–Kier alpha value is -3.49. The number of furan rings is 1. The van der Waals surface area contributed by atoms with Crippen molar-refractivity contribution in [2.24, 2.45) is 10.9 Å². The molecule has 2 fully saturated rings. The number of fused-ring (bicyclic) bond motifs is 1. The van der Waals surface area contributed by atoms with E-state index in [9.17, 15) is 14.7 Å². The SMILES string of the molecule is CC(O)C(=O)N1CC(CN2C(=O)C3(CCOC3)N=C2c2ccc(-c3ccc4occc4c3)cc2)C1. The standard InChI is InChI=1S/C27H27N3O5/c1-17(31)25(32)29-13-18(14-29)15-30-24(28-27(26(30)33)9-11-34-16-27)20-4-2-19(3-5-20)21-6-7-23-22(12-21)8-10-35-23/h2-8,10,12,17-18,31H,9,11,13-16H2,1H3. The number of hydrogen-bond donors (Lipinski definition) is 1. The van der Waals surface area contributed by atoms with E-state index in [4.69, 9.17) is 14.1 Å². The smallest absolute Gasteiger partial charge is 0.258 e. The van der Waals surface area contributed by atoms with Crippen molar-refractivity contribution in [2.45, 2.75) is 25.0 Å². The summed E-state index contributed by atoms with van der Waals surface area (Å²) in [7, 11) is 0. The van der Waals surface area contributed by atoms with Crippen LogP contribution in [0.15, 0.2) is 64.2 Å². The Morgan fingerprint density at radius 2 is 1.89 bits per heavy atom. The van der Waals surface area contributed by atoms with E-state index in [0.29, 0.717) is 45.1 Å². The van der Waals surface area contributed by atoms with Gasteiger partial charge in [0.25, 0.3) is 11.8 Å². The third-order valence-corrected chi connectivity index (χ3v) is 7.22. The topological polar surface area (TPSA) is 95.6 Å². The zero-order chi connectivity index (χ0) is 24.2. The van der Waals surface area contributed by atoms with Gasteiger partial charge in [0.15, 0.2) is 5.54 Å². The van der Waals surface area contributed by atoms with E-state index in [1.807, 2.05) is 42.5 Å². The lowest BCUT2D eigenvalue weighted by molar-refractivity contribution is -0.146. The predicted molar refractivity (Wildman–Crippen MR) is 130 cm³/mol. The van der Waals surface area contributed by atoms with Crippen molar-refractivity contribution >= 4 is 28.6 Å². The van der Waals surface area contributed by atoms with Crippen LogP contribution in [0.2, 0.25) is 0 Å². The molecular formula is C27H27N3O5. The molecule has 8 nitrogen and oxygen atoms in total. The summed E-state index contributed by atoms with van der Waals surface area (Å²) in [5.74, 6) is 0.510. The fraction of sp³-hybridized carbons (Fsp3) is 0.370. The molecule has 6 rings (SSSR count). The number of amidine groups is 1. The molecule has 1 spiro atoms. The third-order valence-electron chi connectivity index (χ3n) is 7.22. The highest BCUT2D eigenvalue weighted by molar-refractivity contribution is 6.15. The molecule has 1 aromatic heterocycles. The first-order chi connectivity index (χ1) is 16.9. The van der Waals surface area contributed by atoms with Gasteiger partial charge in [-0.15, -0.1) is 0 Å². The summed E-state index contributed by atoms with van der Waals surface area (Å²) in [5, 5.41) is 10.6. The molecule has 2 amide bonds. The molecule has 0 saturated carbocycles. The van der Waals surface area contributed by atoms with E-state index in [2.05, 4.69) is 6.07 Å². The van der Waals surface area contributed by atoms with Gasteiger partial charge in [-0.3, -0.25) is 14.5 Å². The molecule has 3 aliphatic heterocycles. The van der Waals surface area contributed by atoms with Crippen LogP contribution in [0.25, 0.3) is 22.1 Å². The number of aliphatic hydroxyl groups excluding tert-OH is 1. The molecule has 2 atom stereocenters. The molecule has 3 aromatic rings. The number of nitrogens with zero attached hydrogens (tertiary/aromatic N) is 3. The third kappa shape index (κ3) is 3.73. The van der Waals surface area contributed by atoms with E-state index >= 15 is 0 Å². The van der Waals surface area contributed by atoms with Crippen LogP contribution < -0.4 is 0 Å². The molecule has 2 aromatic carbocycles. The molecule has 0 aliphatic carbocycles. The van der Waals surface area contributed by atoms with E-state index in [0.717, 1.165) is 27.7 Å². The van der Waals surface area contributed by atoms with Crippen molar-refractivity contribution in [3.8, 4) is 11.1 Å². The number of aliphatic imine (C=N–C) groups is 1. The minimum Gasteiger partial charge on any atom is -0.464 e. The van der Waals surface area contributed by atoms with Gasteiger partial charge < -0.3 is 19.2 Å². The molecule has 0 bridgehead atoms. The number of benzene rings is 2. The molecule has 2 unspecified atom stereocenters. The first-order valence-electron chi connectivity index (χ1n) is 12.0. The van der Waals surface area contributed by atoms with Crippen molar-refractivity contribution < 1.29 is 23.8 Å². The maximum Gasteiger partial charge on any atom is 0.258 e. The average molecular weight is 474 g/mol. The maximum absolute atomic E-state index is 13.5. The van der Waals surface area contributed by atoms with Crippen molar-refractivity contribution in [3.63, 3.8) is 0 Å². The van der Waals surface area contributed by atoms with Crippen LogP contribution in [0.4, 0.5) is 0 Å². The lowest BCUT2D eigenvalue weighted by Crippen LogP contribution is -2.57. The number of carbonyl (C=O) groups is 2. The Bertz CT molecular complexity index is 1310. The van der Waals surface area contributed by atoms with Crippen LogP contribution in [-0.2, 0) is 14.3 Å². The van der Waals surface area contributed by atoms with Gasteiger partial charge in [-0.1, -0.05) is 30.3 Å². The van der Waals surface area contributed by atoms with Gasteiger partial charge in [0.2, 0.25) is 0 Å². The molecule has 35 heavy (non-hydrogen) atoms. The van der Waals surface area contributed by atoms with E-state index in [1.165, 1.54) is 6.92 Å². The number of amides is 2. The first-order valence-corrected chi connectivity index (χ1v) is 12.0. The minimum atomic E-state index is -1.01. The average Bonchev–Trinajstić information content (AvgIpc) is 3.56. The molecule has 4 heterocycles. The number of aliphatic hydroxyl groups is 1. The quantitative estimate of drug-likeness (QED) is 0.615. The van der Waals surface area contributed by atoms with Crippen LogP contribution in [0.3, 0.4) is 0 Å². The molecular weight excluding hydrogens is 446 g/mol.